The van der Waals surface area contributed by atoms with Gasteiger partial charge in [0.2, 0.25) is 0 Å². The lowest BCUT2D eigenvalue weighted by atomic mass is 9.71. The third-order valence-corrected chi connectivity index (χ3v) is 10.2. The first-order valence-corrected chi connectivity index (χ1v) is 15.0. The summed E-state index contributed by atoms with van der Waals surface area (Å²) in [5, 5.41) is 8.65. The van der Waals surface area contributed by atoms with Gasteiger partial charge in [-0.05, 0) is 107 Å². The quantitative estimate of drug-likeness (QED) is 0.318. The van der Waals surface area contributed by atoms with Crippen molar-refractivity contribution in [3.8, 4) is 0 Å². The molecule has 0 bridgehead atoms. The second-order valence-corrected chi connectivity index (χ2v) is 12.4. The Hall–Kier alpha value is -2.23. The number of hydrogen-bond donors (Lipinski definition) is 1. The fraction of sp³-hybridized carbons (Fsp3) is 0.667. The molecular formula is C33H44O4. The molecule has 0 radical (unpaired) electrons. The van der Waals surface area contributed by atoms with E-state index in [0.29, 0.717) is 29.3 Å². The first kappa shape index (κ1) is 26.4. The molecule has 1 N–H and O–H groups in total. The highest BCUT2D eigenvalue weighted by Gasteiger charge is 2.50. The molecule has 7 rings (SSSR count). The van der Waals surface area contributed by atoms with Crippen LogP contribution in [0.15, 0.2) is 47.1 Å². The molecule has 7 aliphatic carbocycles. The summed E-state index contributed by atoms with van der Waals surface area (Å²) in [6.45, 7) is 3.69. The van der Waals surface area contributed by atoms with Crippen molar-refractivity contribution in [2.75, 3.05) is 0 Å². The topological polar surface area (TPSA) is 71.4 Å². The van der Waals surface area contributed by atoms with Gasteiger partial charge in [-0.15, -0.1) is 6.58 Å². The van der Waals surface area contributed by atoms with Crippen LogP contribution >= 0.6 is 0 Å². The van der Waals surface area contributed by atoms with Gasteiger partial charge in [0.1, 0.15) is 11.6 Å². The maximum absolute atomic E-state index is 11.3. The van der Waals surface area contributed by atoms with Gasteiger partial charge in [0, 0.05) is 30.8 Å². The van der Waals surface area contributed by atoms with Gasteiger partial charge in [-0.1, -0.05) is 40.9 Å². The molecule has 0 saturated heterocycles. The van der Waals surface area contributed by atoms with Crippen LogP contribution in [-0.2, 0) is 14.4 Å². The predicted octanol–water partition coefficient (Wildman–Crippen LogP) is 7.55. The van der Waals surface area contributed by atoms with Crippen molar-refractivity contribution >= 4 is 17.5 Å². The number of ketones is 2. The summed E-state index contributed by atoms with van der Waals surface area (Å²) in [7, 11) is 0. The number of allylic oxidation sites excluding steroid dienone is 6. The number of hydrogen-bond acceptors (Lipinski definition) is 3. The predicted molar refractivity (Wildman–Crippen MR) is 146 cm³/mol. The number of Topliss-reactive ketones (excluding diaryl/α,β-unsaturated/α-hetero) is 2. The highest BCUT2D eigenvalue weighted by Crippen LogP contribution is 2.54. The second kappa shape index (κ2) is 11.7. The maximum atomic E-state index is 11.3. The maximum Gasteiger partial charge on any atom is 0.328 e. The minimum absolute atomic E-state index is 0.398. The summed E-state index contributed by atoms with van der Waals surface area (Å²) in [6.07, 6.45) is 24.5. The zero-order valence-corrected chi connectivity index (χ0v) is 22.4. The van der Waals surface area contributed by atoms with Gasteiger partial charge in [-0.2, -0.15) is 0 Å². The van der Waals surface area contributed by atoms with Crippen LogP contribution in [0.1, 0.15) is 103 Å². The van der Waals surface area contributed by atoms with Crippen molar-refractivity contribution in [2.45, 2.75) is 103 Å². The van der Waals surface area contributed by atoms with Crippen molar-refractivity contribution in [1.82, 2.24) is 0 Å². The van der Waals surface area contributed by atoms with Gasteiger partial charge in [-0.25, -0.2) is 4.79 Å². The van der Waals surface area contributed by atoms with E-state index < -0.39 is 5.97 Å². The van der Waals surface area contributed by atoms with Gasteiger partial charge < -0.3 is 5.11 Å². The van der Waals surface area contributed by atoms with Gasteiger partial charge in [-0.3, -0.25) is 9.59 Å². The molecule has 0 amide bonds. The van der Waals surface area contributed by atoms with Gasteiger partial charge >= 0.3 is 5.97 Å². The molecule has 0 spiro atoms. The van der Waals surface area contributed by atoms with E-state index >= 15 is 0 Å². The van der Waals surface area contributed by atoms with Crippen molar-refractivity contribution in [3.63, 3.8) is 0 Å². The van der Waals surface area contributed by atoms with E-state index in [-0.39, 0.29) is 0 Å². The number of carbonyl (C=O) groups excluding carboxylic acids is 2. The number of carboxylic acids is 1. The van der Waals surface area contributed by atoms with E-state index in [0.717, 1.165) is 61.9 Å². The lowest BCUT2D eigenvalue weighted by molar-refractivity contribution is -0.132. The molecule has 37 heavy (non-hydrogen) atoms. The highest BCUT2D eigenvalue weighted by atomic mass is 16.4. The zero-order chi connectivity index (χ0) is 25.9. The van der Waals surface area contributed by atoms with Crippen LogP contribution in [0.3, 0.4) is 0 Å². The third-order valence-electron chi connectivity index (χ3n) is 10.2. The van der Waals surface area contributed by atoms with E-state index in [1.54, 1.807) is 11.1 Å². The Morgan fingerprint density at radius 1 is 0.919 bits per heavy atom. The molecular weight excluding hydrogens is 460 g/mol. The summed E-state index contributed by atoms with van der Waals surface area (Å²) in [4.78, 5) is 33.2. The van der Waals surface area contributed by atoms with Gasteiger partial charge in [0.25, 0.3) is 0 Å². The first-order valence-electron chi connectivity index (χ1n) is 15.0. The highest BCUT2D eigenvalue weighted by molar-refractivity contribution is 5.91. The van der Waals surface area contributed by atoms with Crippen LogP contribution in [0.4, 0.5) is 0 Å². The molecule has 0 aromatic heterocycles. The lowest BCUT2D eigenvalue weighted by Crippen LogP contribution is -2.34. The number of aliphatic carboxylic acids is 1. The fourth-order valence-electron chi connectivity index (χ4n) is 8.37. The van der Waals surface area contributed by atoms with E-state index in [4.69, 9.17) is 5.11 Å². The second-order valence-electron chi connectivity index (χ2n) is 12.4. The SMILES string of the molecule is C=CCC1CCCCC1=CC(=O)O.O=C1CC2CC3=C(CCCC3)C12.O=C1CC2CC3CCCC=C3C12. The van der Waals surface area contributed by atoms with Crippen LogP contribution in [0, 0.1) is 35.5 Å². The normalized spacial score (nSPS) is 36.2. The van der Waals surface area contributed by atoms with Gasteiger partial charge in [0.15, 0.2) is 0 Å². The Kier molecular flexibility index (Phi) is 8.31. The van der Waals surface area contributed by atoms with E-state index in [1.807, 2.05) is 6.08 Å². The summed E-state index contributed by atoms with van der Waals surface area (Å²) in [6, 6.07) is 0. The molecule has 4 fully saturated rings. The standard InChI is InChI=1S/C11H16O2.2C11H14O/c1-2-5-9-6-3-4-7-10(9)8-11(12)13;2*12-10-6-8-5-7-3-1-2-4-9(7)11(8)10/h2,8-9H,1,3-7H2,(H,12,13);8,11H,1-6H2;4,7-8,11H,1-3,5-6H2. The molecule has 0 aliphatic heterocycles. The minimum Gasteiger partial charge on any atom is -0.478 e. The number of carboxylic acid groups (broad SMARTS) is 1. The van der Waals surface area contributed by atoms with Crippen molar-refractivity contribution in [3.05, 3.63) is 47.1 Å². The van der Waals surface area contributed by atoms with Crippen LogP contribution in [0.2, 0.25) is 0 Å². The molecule has 6 unspecified atom stereocenters. The summed E-state index contributed by atoms with van der Waals surface area (Å²) in [5.74, 6) is 3.80. The average Bonchev–Trinajstić information content (AvgIpc) is 3.35. The Morgan fingerprint density at radius 2 is 1.68 bits per heavy atom. The minimum atomic E-state index is -0.814. The Morgan fingerprint density at radius 3 is 2.43 bits per heavy atom. The molecule has 200 valence electrons. The number of carbonyl (C=O) groups is 3. The number of rotatable bonds is 3. The average molecular weight is 505 g/mol. The molecule has 4 nitrogen and oxygen atoms in total. The molecule has 0 aromatic carbocycles. The third kappa shape index (κ3) is 5.64. The van der Waals surface area contributed by atoms with Crippen molar-refractivity contribution in [2.24, 2.45) is 35.5 Å². The van der Waals surface area contributed by atoms with Crippen molar-refractivity contribution in [1.29, 1.82) is 0 Å². The monoisotopic (exact) mass is 504 g/mol. The lowest BCUT2D eigenvalue weighted by Gasteiger charge is -2.31. The van der Waals surface area contributed by atoms with E-state index in [9.17, 15) is 14.4 Å². The molecule has 0 aromatic rings. The van der Waals surface area contributed by atoms with E-state index in [2.05, 4.69) is 12.7 Å². The number of fused-ring (bicyclic) bond motifs is 5. The summed E-state index contributed by atoms with van der Waals surface area (Å²) < 4.78 is 0. The van der Waals surface area contributed by atoms with Crippen LogP contribution in [0.5, 0.6) is 0 Å². The Balaban J connectivity index is 0.000000114. The van der Waals surface area contributed by atoms with Crippen LogP contribution in [-0.4, -0.2) is 22.6 Å². The smallest absolute Gasteiger partial charge is 0.328 e. The Labute approximate surface area is 222 Å². The first-order chi connectivity index (χ1) is 18.0. The fourth-order valence-corrected chi connectivity index (χ4v) is 8.37. The summed E-state index contributed by atoms with van der Waals surface area (Å²) >= 11 is 0. The van der Waals surface area contributed by atoms with E-state index in [1.165, 1.54) is 75.9 Å². The zero-order valence-electron chi connectivity index (χ0n) is 22.4. The largest absolute Gasteiger partial charge is 0.478 e. The van der Waals surface area contributed by atoms with Crippen molar-refractivity contribution < 1.29 is 19.5 Å². The Bertz CT molecular complexity index is 1020. The molecule has 0 heterocycles. The molecule has 4 heteroatoms. The molecule has 7 aliphatic rings. The van der Waals surface area contributed by atoms with Crippen LogP contribution in [0.25, 0.3) is 0 Å². The summed E-state index contributed by atoms with van der Waals surface area (Å²) in [5.41, 5.74) is 5.87. The van der Waals surface area contributed by atoms with Gasteiger partial charge in [0.05, 0.1) is 0 Å². The molecule has 6 atom stereocenters. The van der Waals surface area contributed by atoms with Crippen LogP contribution < -0.4 is 0 Å². The molecule has 4 saturated carbocycles.